The van der Waals surface area contributed by atoms with E-state index in [1.807, 2.05) is 34.9 Å². The summed E-state index contributed by atoms with van der Waals surface area (Å²) < 4.78 is 2.03. The Labute approximate surface area is 145 Å². The van der Waals surface area contributed by atoms with Gasteiger partial charge in [-0.25, -0.2) is 0 Å². The fraction of sp³-hybridized carbons (Fsp3) is 0.444. The molecule has 130 valence electrons. The summed E-state index contributed by atoms with van der Waals surface area (Å²) in [6.45, 7) is 1.06. The topological polar surface area (TPSA) is 97.1 Å². The summed E-state index contributed by atoms with van der Waals surface area (Å²) in [7, 11) is 0. The Morgan fingerprint density at radius 2 is 2.04 bits per heavy atom. The van der Waals surface area contributed by atoms with Gasteiger partial charge < -0.3 is 15.0 Å². The zero-order valence-corrected chi connectivity index (χ0v) is 13.8. The lowest BCUT2D eigenvalue weighted by Crippen LogP contribution is -2.38. The van der Waals surface area contributed by atoms with Gasteiger partial charge >= 0.3 is 5.97 Å². The van der Waals surface area contributed by atoms with Crippen molar-refractivity contribution in [2.75, 3.05) is 0 Å². The molecule has 0 radical (unpaired) electrons. The number of carbonyl (C=O) groups excluding carboxylic acids is 1. The van der Waals surface area contributed by atoms with Gasteiger partial charge in [0.2, 0.25) is 5.91 Å². The minimum absolute atomic E-state index is 0.211. The van der Waals surface area contributed by atoms with Crippen LogP contribution in [0, 0.1) is 5.41 Å². The third-order valence-electron chi connectivity index (χ3n) is 5.29. The predicted molar refractivity (Wildman–Crippen MR) is 88.7 cm³/mol. The van der Waals surface area contributed by atoms with Gasteiger partial charge in [-0.3, -0.25) is 9.59 Å². The van der Waals surface area contributed by atoms with Gasteiger partial charge in [-0.15, -0.1) is 10.2 Å². The second kappa shape index (κ2) is 5.98. The number of fused-ring (bicyclic) bond motifs is 1. The van der Waals surface area contributed by atoms with Crippen molar-refractivity contribution in [3.8, 4) is 0 Å². The number of carboxylic acid groups (broad SMARTS) is 1. The van der Waals surface area contributed by atoms with Crippen molar-refractivity contribution in [3.63, 3.8) is 0 Å². The molecule has 1 aromatic heterocycles. The van der Waals surface area contributed by atoms with Crippen LogP contribution >= 0.6 is 0 Å². The van der Waals surface area contributed by atoms with Crippen molar-refractivity contribution in [1.29, 1.82) is 0 Å². The highest BCUT2D eigenvalue weighted by molar-refractivity contribution is 6.06. The highest BCUT2D eigenvalue weighted by Crippen LogP contribution is 2.59. The minimum atomic E-state index is -1.37. The average molecular weight is 340 g/mol. The quantitative estimate of drug-likeness (QED) is 0.804. The number of aryl methyl sites for hydroxylation is 1. The van der Waals surface area contributed by atoms with E-state index in [2.05, 4.69) is 15.5 Å². The fourth-order valence-electron chi connectivity index (χ4n) is 3.75. The maximum absolute atomic E-state index is 12.7. The molecular weight excluding hydrogens is 320 g/mol. The van der Waals surface area contributed by atoms with Gasteiger partial charge in [-0.2, -0.15) is 0 Å². The SMILES string of the molecule is O=C(O)C1(C(=O)NCc2nnc3n2CCCC3)CC1c1ccccc1. The van der Waals surface area contributed by atoms with Crippen LogP contribution in [0.15, 0.2) is 30.3 Å². The van der Waals surface area contributed by atoms with E-state index in [0.717, 1.165) is 37.2 Å². The van der Waals surface area contributed by atoms with Crippen LogP contribution in [0.2, 0.25) is 0 Å². The number of carbonyl (C=O) groups is 2. The Bertz CT molecular complexity index is 817. The van der Waals surface area contributed by atoms with Crippen LogP contribution in [-0.4, -0.2) is 31.7 Å². The maximum atomic E-state index is 12.7. The normalized spacial score (nSPS) is 24.4. The van der Waals surface area contributed by atoms with Crippen molar-refractivity contribution in [3.05, 3.63) is 47.5 Å². The Kier molecular flexibility index (Phi) is 3.78. The Morgan fingerprint density at radius 1 is 1.24 bits per heavy atom. The molecule has 4 rings (SSSR count). The molecule has 1 amide bonds. The Morgan fingerprint density at radius 3 is 2.80 bits per heavy atom. The van der Waals surface area contributed by atoms with Gasteiger partial charge in [0.25, 0.3) is 0 Å². The summed E-state index contributed by atoms with van der Waals surface area (Å²) in [4.78, 5) is 24.5. The number of benzene rings is 1. The van der Waals surface area contributed by atoms with Crippen LogP contribution in [-0.2, 0) is 29.1 Å². The minimum Gasteiger partial charge on any atom is -0.480 e. The highest BCUT2D eigenvalue weighted by Gasteiger charge is 2.66. The molecule has 2 heterocycles. The van der Waals surface area contributed by atoms with Crippen molar-refractivity contribution < 1.29 is 14.7 Å². The van der Waals surface area contributed by atoms with Gasteiger partial charge in [-0.05, 0) is 24.8 Å². The molecule has 1 saturated carbocycles. The summed E-state index contributed by atoms with van der Waals surface area (Å²) >= 11 is 0. The summed E-state index contributed by atoms with van der Waals surface area (Å²) in [5.74, 6) is -0.153. The third-order valence-corrected chi connectivity index (χ3v) is 5.29. The predicted octanol–water partition coefficient (Wildman–Crippen LogP) is 1.49. The van der Waals surface area contributed by atoms with E-state index in [4.69, 9.17) is 0 Å². The maximum Gasteiger partial charge on any atom is 0.319 e. The molecule has 2 aromatic rings. The number of amides is 1. The standard InChI is InChI=1S/C18H20N4O3/c23-16(19-11-15-21-20-14-8-4-5-9-22(14)15)18(17(24)25)10-13(18)12-6-2-1-3-7-12/h1-3,6-7,13H,4-5,8-11H2,(H,19,23)(H,24,25). The average Bonchev–Trinajstić information content (AvgIpc) is 3.29. The Balaban J connectivity index is 1.48. The molecule has 0 bridgehead atoms. The molecule has 25 heavy (non-hydrogen) atoms. The van der Waals surface area contributed by atoms with Crippen LogP contribution in [0.5, 0.6) is 0 Å². The first-order valence-electron chi connectivity index (χ1n) is 8.60. The van der Waals surface area contributed by atoms with E-state index in [9.17, 15) is 14.7 Å². The molecule has 1 aliphatic carbocycles. The molecular formula is C18H20N4O3. The number of nitrogens with one attached hydrogen (secondary N) is 1. The number of hydrogen-bond acceptors (Lipinski definition) is 4. The highest BCUT2D eigenvalue weighted by atomic mass is 16.4. The lowest BCUT2D eigenvalue weighted by atomic mass is 9.98. The molecule has 2 aliphatic rings. The number of aromatic nitrogens is 3. The lowest BCUT2D eigenvalue weighted by molar-refractivity contribution is -0.149. The van der Waals surface area contributed by atoms with Crippen LogP contribution < -0.4 is 5.32 Å². The Hall–Kier alpha value is -2.70. The van der Waals surface area contributed by atoms with Crippen LogP contribution in [0.1, 0.15) is 42.4 Å². The number of aliphatic carboxylic acids is 1. The van der Waals surface area contributed by atoms with Gasteiger partial charge in [0.1, 0.15) is 5.82 Å². The van der Waals surface area contributed by atoms with Gasteiger partial charge in [0, 0.05) is 18.9 Å². The molecule has 1 aromatic carbocycles. The van der Waals surface area contributed by atoms with Gasteiger partial charge in [-0.1, -0.05) is 30.3 Å². The zero-order chi connectivity index (χ0) is 17.4. The van der Waals surface area contributed by atoms with E-state index in [0.29, 0.717) is 12.2 Å². The summed E-state index contributed by atoms with van der Waals surface area (Å²) in [5.41, 5.74) is -0.480. The van der Waals surface area contributed by atoms with Crippen LogP contribution in [0.4, 0.5) is 0 Å². The summed E-state index contributed by atoms with van der Waals surface area (Å²) in [6.07, 6.45) is 3.40. The molecule has 1 aliphatic heterocycles. The zero-order valence-electron chi connectivity index (χ0n) is 13.8. The molecule has 0 spiro atoms. The second-order valence-electron chi connectivity index (χ2n) is 6.77. The van der Waals surface area contributed by atoms with E-state index in [-0.39, 0.29) is 12.5 Å². The van der Waals surface area contributed by atoms with E-state index in [1.54, 1.807) is 0 Å². The van der Waals surface area contributed by atoms with Gasteiger partial charge in [0.05, 0.1) is 6.54 Å². The second-order valence-corrected chi connectivity index (χ2v) is 6.77. The number of carboxylic acids is 1. The number of rotatable bonds is 5. The first kappa shape index (κ1) is 15.8. The van der Waals surface area contributed by atoms with E-state index >= 15 is 0 Å². The van der Waals surface area contributed by atoms with Crippen molar-refractivity contribution >= 4 is 11.9 Å². The van der Waals surface area contributed by atoms with Crippen molar-refractivity contribution in [2.24, 2.45) is 5.41 Å². The van der Waals surface area contributed by atoms with Gasteiger partial charge in [0.15, 0.2) is 11.2 Å². The molecule has 1 fully saturated rings. The first-order chi connectivity index (χ1) is 12.1. The monoisotopic (exact) mass is 340 g/mol. The molecule has 2 atom stereocenters. The summed E-state index contributed by atoms with van der Waals surface area (Å²) in [5, 5.41) is 20.7. The molecule has 7 heteroatoms. The molecule has 7 nitrogen and oxygen atoms in total. The van der Waals surface area contributed by atoms with E-state index in [1.165, 1.54) is 0 Å². The molecule has 0 saturated heterocycles. The van der Waals surface area contributed by atoms with E-state index < -0.39 is 17.3 Å². The number of nitrogens with zero attached hydrogens (tertiary/aromatic N) is 3. The van der Waals surface area contributed by atoms with Crippen molar-refractivity contribution in [1.82, 2.24) is 20.1 Å². The van der Waals surface area contributed by atoms with Crippen molar-refractivity contribution in [2.45, 2.75) is 44.7 Å². The molecule has 2 unspecified atom stereocenters. The van der Waals surface area contributed by atoms with Crippen LogP contribution in [0.25, 0.3) is 0 Å². The largest absolute Gasteiger partial charge is 0.480 e. The number of hydrogen-bond donors (Lipinski definition) is 2. The smallest absolute Gasteiger partial charge is 0.319 e. The molecule has 2 N–H and O–H groups in total. The first-order valence-corrected chi connectivity index (χ1v) is 8.60. The van der Waals surface area contributed by atoms with Crippen LogP contribution in [0.3, 0.4) is 0 Å². The summed E-state index contributed by atoms with van der Waals surface area (Å²) in [6, 6.07) is 9.35. The lowest BCUT2D eigenvalue weighted by Gasteiger charge is -2.16. The fourth-order valence-corrected chi connectivity index (χ4v) is 3.75. The third kappa shape index (κ3) is 2.59.